The van der Waals surface area contributed by atoms with Gasteiger partial charge in [-0.25, -0.2) is 4.79 Å². The summed E-state index contributed by atoms with van der Waals surface area (Å²) in [6.45, 7) is 6.01. The summed E-state index contributed by atoms with van der Waals surface area (Å²) >= 11 is 5.96. The Morgan fingerprint density at radius 2 is 2.17 bits per heavy atom. The summed E-state index contributed by atoms with van der Waals surface area (Å²) in [4.78, 5) is 12.8. The number of halogens is 1. The molecule has 3 nitrogen and oxygen atoms in total. The number of carboxylic acid groups (broad SMARTS) is 1. The minimum Gasteiger partial charge on any atom is -0.478 e. The van der Waals surface area contributed by atoms with E-state index in [0.29, 0.717) is 5.02 Å². The molecule has 0 radical (unpaired) electrons. The van der Waals surface area contributed by atoms with Gasteiger partial charge in [-0.2, -0.15) is 0 Å². The molecule has 1 aromatic rings. The van der Waals surface area contributed by atoms with Gasteiger partial charge in [-0.15, -0.1) is 0 Å². The van der Waals surface area contributed by atoms with E-state index in [4.69, 9.17) is 16.7 Å². The molecule has 18 heavy (non-hydrogen) atoms. The summed E-state index contributed by atoms with van der Waals surface area (Å²) in [5.41, 5.74) is 1.85. The molecule has 0 atom stereocenters. The highest BCUT2D eigenvalue weighted by Crippen LogP contribution is 2.25. The standard InChI is InChI=1S/C14H18ClNO2/c1-3-9-16(4-2)13-7-6-12(15)10-11(13)5-8-14(17)18/h5-8,10H,3-4,9H2,1-2H3,(H,17,18)/b8-5+. The van der Waals surface area contributed by atoms with E-state index >= 15 is 0 Å². The van der Waals surface area contributed by atoms with Crippen LogP contribution in [0.1, 0.15) is 25.8 Å². The van der Waals surface area contributed by atoms with Gasteiger partial charge < -0.3 is 10.0 Å². The Labute approximate surface area is 113 Å². The summed E-state index contributed by atoms with van der Waals surface area (Å²) in [6, 6.07) is 5.55. The van der Waals surface area contributed by atoms with Crippen molar-refractivity contribution in [2.45, 2.75) is 20.3 Å². The third kappa shape index (κ3) is 4.08. The molecule has 0 amide bonds. The number of aliphatic carboxylic acids is 1. The first kappa shape index (κ1) is 14.6. The Morgan fingerprint density at radius 3 is 2.72 bits per heavy atom. The first-order valence-electron chi connectivity index (χ1n) is 6.04. The summed E-state index contributed by atoms with van der Waals surface area (Å²) in [6.07, 6.45) is 3.76. The number of rotatable bonds is 6. The Balaban J connectivity index is 3.12. The van der Waals surface area contributed by atoms with Crippen molar-refractivity contribution in [1.29, 1.82) is 0 Å². The fraction of sp³-hybridized carbons (Fsp3) is 0.357. The molecule has 0 saturated heterocycles. The molecule has 0 aromatic heterocycles. The molecular weight excluding hydrogens is 250 g/mol. The fourth-order valence-electron chi connectivity index (χ4n) is 1.83. The Kier molecular flexibility index (Phi) is 5.72. The molecule has 0 fully saturated rings. The number of nitrogens with zero attached hydrogens (tertiary/aromatic N) is 1. The molecule has 1 aromatic carbocycles. The van der Waals surface area contributed by atoms with Crippen LogP contribution in [0.2, 0.25) is 5.02 Å². The van der Waals surface area contributed by atoms with Crippen LogP contribution in [-0.4, -0.2) is 24.2 Å². The minimum atomic E-state index is -0.959. The van der Waals surface area contributed by atoms with Gasteiger partial charge in [0.25, 0.3) is 0 Å². The highest BCUT2D eigenvalue weighted by molar-refractivity contribution is 6.30. The predicted octanol–water partition coefficient (Wildman–Crippen LogP) is 3.67. The van der Waals surface area contributed by atoms with Crippen molar-refractivity contribution in [1.82, 2.24) is 0 Å². The Hall–Kier alpha value is -1.48. The van der Waals surface area contributed by atoms with Gasteiger partial charge in [0.15, 0.2) is 0 Å². The molecule has 0 unspecified atom stereocenters. The van der Waals surface area contributed by atoms with Crippen molar-refractivity contribution in [2.75, 3.05) is 18.0 Å². The van der Waals surface area contributed by atoms with Crippen LogP contribution in [0.3, 0.4) is 0 Å². The summed E-state index contributed by atoms with van der Waals surface area (Å²) < 4.78 is 0. The van der Waals surface area contributed by atoms with E-state index in [1.165, 1.54) is 0 Å². The molecule has 0 aliphatic carbocycles. The van der Waals surface area contributed by atoms with E-state index in [0.717, 1.165) is 36.8 Å². The lowest BCUT2D eigenvalue weighted by Crippen LogP contribution is -2.24. The van der Waals surface area contributed by atoms with Crippen LogP contribution in [0.25, 0.3) is 6.08 Å². The zero-order valence-electron chi connectivity index (χ0n) is 10.7. The van der Waals surface area contributed by atoms with Crippen molar-refractivity contribution in [3.05, 3.63) is 34.9 Å². The molecular formula is C14H18ClNO2. The first-order valence-corrected chi connectivity index (χ1v) is 6.41. The highest BCUT2D eigenvalue weighted by atomic mass is 35.5. The monoisotopic (exact) mass is 267 g/mol. The van der Waals surface area contributed by atoms with Gasteiger partial charge in [0.2, 0.25) is 0 Å². The normalized spacial score (nSPS) is 10.8. The van der Waals surface area contributed by atoms with Crippen molar-refractivity contribution < 1.29 is 9.90 Å². The van der Waals surface area contributed by atoms with Crippen molar-refractivity contribution in [3.63, 3.8) is 0 Å². The zero-order chi connectivity index (χ0) is 13.5. The molecule has 0 bridgehead atoms. The van der Waals surface area contributed by atoms with Crippen LogP contribution < -0.4 is 4.90 Å². The van der Waals surface area contributed by atoms with Gasteiger partial charge in [-0.1, -0.05) is 18.5 Å². The fourth-order valence-corrected chi connectivity index (χ4v) is 2.01. The van der Waals surface area contributed by atoms with Crippen LogP contribution >= 0.6 is 11.6 Å². The lowest BCUT2D eigenvalue weighted by atomic mass is 10.1. The van der Waals surface area contributed by atoms with Crippen LogP contribution in [0.15, 0.2) is 24.3 Å². The quantitative estimate of drug-likeness (QED) is 0.800. The smallest absolute Gasteiger partial charge is 0.328 e. The van der Waals surface area contributed by atoms with Crippen molar-refractivity contribution in [2.24, 2.45) is 0 Å². The average molecular weight is 268 g/mol. The van der Waals surface area contributed by atoms with E-state index < -0.39 is 5.97 Å². The van der Waals surface area contributed by atoms with E-state index in [-0.39, 0.29) is 0 Å². The maximum Gasteiger partial charge on any atom is 0.328 e. The second-order valence-corrected chi connectivity index (χ2v) is 4.39. The van der Waals surface area contributed by atoms with Gasteiger partial charge >= 0.3 is 5.97 Å². The number of hydrogen-bond acceptors (Lipinski definition) is 2. The van der Waals surface area contributed by atoms with E-state index in [1.807, 2.05) is 12.1 Å². The van der Waals surface area contributed by atoms with Gasteiger partial charge in [0.05, 0.1) is 0 Å². The van der Waals surface area contributed by atoms with Crippen LogP contribution in [0.5, 0.6) is 0 Å². The molecule has 98 valence electrons. The lowest BCUT2D eigenvalue weighted by Gasteiger charge is -2.24. The largest absolute Gasteiger partial charge is 0.478 e. The van der Waals surface area contributed by atoms with E-state index in [9.17, 15) is 4.79 Å². The third-order valence-corrected chi connectivity index (χ3v) is 2.85. The maximum atomic E-state index is 10.6. The molecule has 0 heterocycles. The van der Waals surface area contributed by atoms with E-state index in [2.05, 4.69) is 18.7 Å². The highest BCUT2D eigenvalue weighted by Gasteiger charge is 2.08. The topological polar surface area (TPSA) is 40.5 Å². The van der Waals surface area contributed by atoms with Gasteiger partial charge in [-0.3, -0.25) is 0 Å². The molecule has 1 rings (SSSR count). The molecule has 1 N–H and O–H groups in total. The number of carboxylic acids is 1. The maximum absolute atomic E-state index is 10.6. The van der Waals surface area contributed by atoms with Crippen molar-refractivity contribution >= 4 is 29.3 Å². The number of anilines is 1. The number of benzene rings is 1. The third-order valence-electron chi connectivity index (χ3n) is 2.61. The van der Waals surface area contributed by atoms with Crippen molar-refractivity contribution in [3.8, 4) is 0 Å². The summed E-state index contributed by atoms with van der Waals surface area (Å²) in [7, 11) is 0. The second-order valence-electron chi connectivity index (χ2n) is 3.95. The lowest BCUT2D eigenvalue weighted by molar-refractivity contribution is -0.131. The van der Waals surface area contributed by atoms with Gasteiger partial charge in [-0.05, 0) is 43.2 Å². The molecule has 0 aliphatic rings. The zero-order valence-corrected chi connectivity index (χ0v) is 11.4. The van der Waals surface area contributed by atoms with Crippen LogP contribution in [0, 0.1) is 0 Å². The molecule has 0 spiro atoms. The molecule has 4 heteroatoms. The Bertz CT molecular complexity index is 443. The van der Waals surface area contributed by atoms with Crippen LogP contribution in [0.4, 0.5) is 5.69 Å². The second kappa shape index (κ2) is 7.07. The predicted molar refractivity (Wildman–Crippen MR) is 76.3 cm³/mol. The first-order chi connectivity index (χ1) is 8.58. The number of carbonyl (C=O) groups is 1. The van der Waals surface area contributed by atoms with Gasteiger partial charge in [0, 0.05) is 29.9 Å². The SMILES string of the molecule is CCCN(CC)c1ccc(Cl)cc1/C=C/C(=O)O. The summed E-state index contributed by atoms with van der Waals surface area (Å²) in [5, 5.41) is 9.31. The minimum absolute atomic E-state index is 0.608. The molecule has 0 aliphatic heterocycles. The average Bonchev–Trinajstić information content (AvgIpc) is 2.34. The van der Waals surface area contributed by atoms with Crippen LogP contribution in [-0.2, 0) is 4.79 Å². The van der Waals surface area contributed by atoms with E-state index in [1.54, 1.807) is 12.1 Å². The summed E-state index contributed by atoms with van der Waals surface area (Å²) in [5.74, 6) is -0.959. The Morgan fingerprint density at radius 1 is 1.44 bits per heavy atom. The van der Waals surface area contributed by atoms with Gasteiger partial charge in [0.1, 0.15) is 0 Å². The molecule has 0 saturated carbocycles. The number of hydrogen-bond donors (Lipinski definition) is 1.